The molecule has 1 N–H and O–H groups in total. The van der Waals surface area contributed by atoms with Crippen LogP contribution < -0.4 is 5.32 Å². The number of carbonyl (C=O) groups excluding carboxylic acids is 1. The van der Waals surface area contributed by atoms with Gasteiger partial charge in [-0.25, -0.2) is 4.39 Å². The van der Waals surface area contributed by atoms with E-state index in [1.165, 1.54) is 12.1 Å². The average molecular weight is 401 g/mol. The first-order chi connectivity index (χ1) is 14.5. The smallest absolute Gasteiger partial charge is 0.251 e. The summed E-state index contributed by atoms with van der Waals surface area (Å²) >= 11 is 0. The SMILES string of the molecule is Cc1ccccc1-c1nnc(-c2ccc(C(=O)N[C@@H](C)c3ccc(F)cc3)cc2)o1. The second-order valence-corrected chi connectivity index (χ2v) is 7.05. The molecule has 0 fully saturated rings. The van der Waals surface area contributed by atoms with E-state index < -0.39 is 0 Å². The number of aryl methyl sites for hydroxylation is 1. The maximum Gasteiger partial charge on any atom is 0.251 e. The number of nitrogens with one attached hydrogen (secondary N) is 1. The molecule has 0 aliphatic heterocycles. The minimum Gasteiger partial charge on any atom is -0.416 e. The van der Waals surface area contributed by atoms with E-state index in [9.17, 15) is 9.18 Å². The average Bonchev–Trinajstić information content (AvgIpc) is 3.24. The molecule has 0 bridgehead atoms. The standard InChI is InChI=1S/C24H20FN3O2/c1-15-5-3-4-6-21(15)24-28-27-23(30-24)19-9-7-18(8-10-19)22(29)26-16(2)17-11-13-20(25)14-12-17/h3-14,16H,1-2H3,(H,26,29)/t16-/m0/s1. The molecule has 0 aliphatic rings. The van der Waals surface area contributed by atoms with E-state index in [0.29, 0.717) is 17.3 Å². The zero-order chi connectivity index (χ0) is 21.1. The first-order valence-corrected chi connectivity index (χ1v) is 9.57. The zero-order valence-corrected chi connectivity index (χ0v) is 16.6. The van der Waals surface area contributed by atoms with Crippen LogP contribution in [0.1, 0.15) is 34.5 Å². The topological polar surface area (TPSA) is 68.0 Å². The van der Waals surface area contributed by atoms with Gasteiger partial charge in [-0.1, -0.05) is 30.3 Å². The van der Waals surface area contributed by atoms with E-state index >= 15 is 0 Å². The third-order valence-corrected chi connectivity index (χ3v) is 4.91. The predicted molar refractivity (Wildman–Crippen MR) is 112 cm³/mol. The number of rotatable bonds is 5. The van der Waals surface area contributed by atoms with E-state index in [1.54, 1.807) is 36.4 Å². The fraction of sp³-hybridized carbons (Fsp3) is 0.125. The van der Waals surface area contributed by atoms with Crippen molar-refractivity contribution >= 4 is 5.91 Å². The molecule has 0 spiro atoms. The Morgan fingerprint density at radius 1 is 0.933 bits per heavy atom. The molecule has 30 heavy (non-hydrogen) atoms. The van der Waals surface area contributed by atoms with Gasteiger partial charge in [-0.2, -0.15) is 0 Å². The van der Waals surface area contributed by atoms with Crippen LogP contribution in [-0.2, 0) is 0 Å². The van der Waals surface area contributed by atoms with Crippen LogP contribution in [0.2, 0.25) is 0 Å². The second-order valence-electron chi connectivity index (χ2n) is 7.05. The fourth-order valence-corrected chi connectivity index (χ4v) is 3.14. The van der Waals surface area contributed by atoms with Crippen molar-refractivity contribution in [1.82, 2.24) is 15.5 Å². The molecule has 0 saturated heterocycles. The number of hydrogen-bond acceptors (Lipinski definition) is 4. The van der Waals surface area contributed by atoms with Crippen LogP contribution in [0.25, 0.3) is 22.9 Å². The van der Waals surface area contributed by atoms with Gasteiger partial charge in [0.05, 0.1) is 6.04 Å². The largest absolute Gasteiger partial charge is 0.416 e. The van der Waals surface area contributed by atoms with E-state index in [0.717, 1.165) is 22.3 Å². The molecule has 6 heteroatoms. The molecule has 1 aromatic heterocycles. The Kier molecular flexibility index (Phi) is 5.39. The summed E-state index contributed by atoms with van der Waals surface area (Å²) < 4.78 is 18.9. The monoisotopic (exact) mass is 401 g/mol. The van der Waals surface area contributed by atoms with E-state index in [1.807, 2.05) is 38.1 Å². The first kappa shape index (κ1) is 19.5. The molecule has 4 rings (SSSR count). The molecule has 1 heterocycles. The number of hydrogen-bond donors (Lipinski definition) is 1. The van der Waals surface area contributed by atoms with Gasteiger partial charge in [-0.05, 0) is 67.4 Å². The van der Waals surface area contributed by atoms with Gasteiger partial charge >= 0.3 is 0 Å². The number of carbonyl (C=O) groups is 1. The van der Waals surface area contributed by atoms with Crippen molar-refractivity contribution in [2.45, 2.75) is 19.9 Å². The van der Waals surface area contributed by atoms with Crippen LogP contribution >= 0.6 is 0 Å². The Morgan fingerprint density at radius 2 is 1.60 bits per heavy atom. The number of aromatic nitrogens is 2. The van der Waals surface area contributed by atoms with Crippen molar-refractivity contribution in [3.05, 3.63) is 95.3 Å². The minimum atomic E-state index is -0.306. The normalized spacial score (nSPS) is 11.8. The van der Waals surface area contributed by atoms with Gasteiger partial charge in [0.25, 0.3) is 5.91 Å². The molecule has 3 aromatic carbocycles. The molecule has 4 aromatic rings. The molecule has 0 unspecified atom stereocenters. The van der Waals surface area contributed by atoms with Crippen molar-refractivity contribution in [3.63, 3.8) is 0 Å². The van der Waals surface area contributed by atoms with Crippen LogP contribution in [-0.4, -0.2) is 16.1 Å². The highest BCUT2D eigenvalue weighted by atomic mass is 19.1. The predicted octanol–water partition coefficient (Wildman–Crippen LogP) is 5.34. The Morgan fingerprint density at radius 3 is 2.30 bits per heavy atom. The lowest BCUT2D eigenvalue weighted by molar-refractivity contribution is 0.0940. The van der Waals surface area contributed by atoms with Crippen molar-refractivity contribution in [1.29, 1.82) is 0 Å². The Hall–Kier alpha value is -3.80. The fourth-order valence-electron chi connectivity index (χ4n) is 3.14. The highest BCUT2D eigenvalue weighted by Crippen LogP contribution is 2.26. The van der Waals surface area contributed by atoms with Crippen LogP contribution in [0.4, 0.5) is 4.39 Å². The van der Waals surface area contributed by atoms with E-state index in [-0.39, 0.29) is 17.8 Å². The van der Waals surface area contributed by atoms with Gasteiger partial charge in [0.1, 0.15) is 5.82 Å². The summed E-state index contributed by atoms with van der Waals surface area (Å²) in [6.45, 7) is 3.84. The Labute approximate surface area is 173 Å². The number of benzene rings is 3. The van der Waals surface area contributed by atoms with Crippen molar-refractivity contribution in [2.24, 2.45) is 0 Å². The molecule has 0 radical (unpaired) electrons. The number of halogens is 1. The molecule has 1 amide bonds. The van der Waals surface area contributed by atoms with Gasteiger partial charge in [0.15, 0.2) is 0 Å². The lowest BCUT2D eigenvalue weighted by atomic mass is 10.1. The maximum atomic E-state index is 13.1. The molecule has 150 valence electrons. The molecular formula is C24H20FN3O2. The summed E-state index contributed by atoms with van der Waals surface area (Å²) in [6.07, 6.45) is 0. The number of amides is 1. The van der Waals surface area contributed by atoms with Gasteiger partial charge in [0, 0.05) is 16.7 Å². The third-order valence-electron chi connectivity index (χ3n) is 4.91. The lowest BCUT2D eigenvalue weighted by Gasteiger charge is -2.14. The van der Waals surface area contributed by atoms with Crippen LogP contribution in [0, 0.1) is 12.7 Å². The maximum absolute atomic E-state index is 13.1. The third kappa shape index (κ3) is 4.12. The van der Waals surface area contributed by atoms with Crippen LogP contribution in [0.3, 0.4) is 0 Å². The molecule has 0 saturated carbocycles. The second kappa shape index (κ2) is 8.29. The minimum absolute atomic E-state index is 0.218. The quantitative estimate of drug-likeness (QED) is 0.490. The number of nitrogens with zero attached hydrogens (tertiary/aromatic N) is 2. The molecule has 1 atom stereocenters. The van der Waals surface area contributed by atoms with Crippen LogP contribution in [0.5, 0.6) is 0 Å². The van der Waals surface area contributed by atoms with Gasteiger partial charge in [-0.15, -0.1) is 10.2 Å². The molecule has 0 aliphatic carbocycles. The summed E-state index contributed by atoms with van der Waals surface area (Å²) in [4.78, 5) is 12.5. The highest BCUT2D eigenvalue weighted by Gasteiger charge is 2.14. The van der Waals surface area contributed by atoms with Crippen molar-refractivity contribution < 1.29 is 13.6 Å². The lowest BCUT2D eigenvalue weighted by Crippen LogP contribution is -2.26. The van der Waals surface area contributed by atoms with Gasteiger partial charge < -0.3 is 9.73 Å². The van der Waals surface area contributed by atoms with E-state index in [4.69, 9.17) is 4.42 Å². The van der Waals surface area contributed by atoms with Crippen molar-refractivity contribution in [2.75, 3.05) is 0 Å². The summed E-state index contributed by atoms with van der Waals surface area (Å²) in [7, 11) is 0. The summed E-state index contributed by atoms with van der Waals surface area (Å²) in [5.74, 6) is 0.321. The summed E-state index contributed by atoms with van der Waals surface area (Å²) in [5.41, 5.74) is 4.00. The van der Waals surface area contributed by atoms with Crippen LogP contribution in [0.15, 0.2) is 77.2 Å². The highest BCUT2D eigenvalue weighted by molar-refractivity contribution is 5.94. The molecule has 5 nitrogen and oxygen atoms in total. The van der Waals surface area contributed by atoms with Gasteiger partial charge in [-0.3, -0.25) is 4.79 Å². The summed E-state index contributed by atoms with van der Waals surface area (Å²) in [6, 6.07) is 20.6. The Balaban J connectivity index is 1.47. The van der Waals surface area contributed by atoms with Crippen molar-refractivity contribution in [3.8, 4) is 22.9 Å². The van der Waals surface area contributed by atoms with Gasteiger partial charge in [0.2, 0.25) is 11.8 Å². The molecular weight excluding hydrogens is 381 g/mol. The zero-order valence-electron chi connectivity index (χ0n) is 16.6. The van der Waals surface area contributed by atoms with E-state index in [2.05, 4.69) is 15.5 Å². The first-order valence-electron chi connectivity index (χ1n) is 9.57. The Bertz CT molecular complexity index is 1170. The summed E-state index contributed by atoms with van der Waals surface area (Å²) in [5, 5.41) is 11.2.